The molecule has 1 aliphatic heterocycles. The Labute approximate surface area is 113 Å². The lowest BCUT2D eigenvalue weighted by molar-refractivity contribution is 0.150. The third-order valence-corrected chi connectivity index (χ3v) is 5.35. The van der Waals surface area contributed by atoms with E-state index >= 15 is 0 Å². The Balaban J connectivity index is 1.89. The van der Waals surface area contributed by atoms with Crippen LogP contribution in [-0.2, 0) is 14.8 Å². The molecule has 2 rings (SSSR count). The summed E-state index contributed by atoms with van der Waals surface area (Å²) in [4.78, 5) is 11.5. The zero-order valence-corrected chi connectivity index (χ0v) is 11.7. The van der Waals surface area contributed by atoms with Crippen LogP contribution in [0.15, 0.2) is 12.7 Å². The summed E-state index contributed by atoms with van der Waals surface area (Å²) in [6, 6.07) is -0.148. The van der Waals surface area contributed by atoms with Gasteiger partial charge in [0.25, 0.3) is 0 Å². The summed E-state index contributed by atoms with van der Waals surface area (Å²) in [6.07, 6.45) is 3.71. The van der Waals surface area contributed by atoms with Crippen molar-refractivity contribution in [3.8, 4) is 0 Å². The minimum absolute atomic E-state index is 0.148. The number of ether oxygens (including phenoxy) is 1. The summed E-state index contributed by atoms with van der Waals surface area (Å²) < 4.78 is 29.9. The number of carbonyl (C=O) groups excluding carboxylic acids is 1. The lowest BCUT2D eigenvalue weighted by atomic mass is 10.2. The summed E-state index contributed by atoms with van der Waals surface area (Å²) in [6.45, 7) is 4.53. The molecule has 1 N–H and O–H groups in total. The van der Waals surface area contributed by atoms with Gasteiger partial charge in [-0.3, -0.25) is 0 Å². The molecule has 108 valence electrons. The van der Waals surface area contributed by atoms with Crippen molar-refractivity contribution in [3.63, 3.8) is 0 Å². The molecule has 6 nitrogen and oxygen atoms in total. The van der Waals surface area contributed by atoms with Gasteiger partial charge in [0, 0.05) is 19.1 Å². The van der Waals surface area contributed by atoms with E-state index in [2.05, 4.69) is 11.9 Å². The summed E-state index contributed by atoms with van der Waals surface area (Å²) >= 11 is 0. The molecule has 2 aliphatic rings. The minimum Gasteiger partial charge on any atom is -0.445 e. The molecule has 0 aromatic carbocycles. The van der Waals surface area contributed by atoms with Crippen LogP contribution in [0.3, 0.4) is 0 Å². The molecule has 1 saturated carbocycles. The van der Waals surface area contributed by atoms with Crippen LogP contribution in [0.1, 0.15) is 19.3 Å². The first-order valence-corrected chi connectivity index (χ1v) is 8.16. The fourth-order valence-electron chi connectivity index (χ4n) is 2.25. The van der Waals surface area contributed by atoms with Crippen LogP contribution in [0.4, 0.5) is 4.79 Å². The van der Waals surface area contributed by atoms with Crippen molar-refractivity contribution in [2.45, 2.75) is 25.3 Å². The molecule has 0 aromatic heterocycles. The smallest absolute Gasteiger partial charge is 0.407 e. The molecule has 0 spiro atoms. The molecular formula is C12H20N2O4S. The molecule has 1 atom stereocenters. The van der Waals surface area contributed by atoms with E-state index in [1.807, 2.05) is 0 Å². The van der Waals surface area contributed by atoms with Gasteiger partial charge in [-0.2, -0.15) is 4.31 Å². The molecule has 7 heteroatoms. The first kappa shape index (κ1) is 14.3. The number of sulfonamides is 1. The van der Waals surface area contributed by atoms with Crippen molar-refractivity contribution in [1.29, 1.82) is 0 Å². The van der Waals surface area contributed by atoms with Gasteiger partial charge in [-0.15, -0.1) is 0 Å². The Morgan fingerprint density at radius 1 is 1.53 bits per heavy atom. The second-order valence-corrected chi connectivity index (χ2v) is 7.09. The van der Waals surface area contributed by atoms with Gasteiger partial charge in [0.2, 0.25) is 10.0 Å². The van der Waals surface area contributed by atoms with E-state index in [9.17, 15) is 13.2 Å². The van der Waals surface area contributed by atoms with Gasteiger partial charge >= 0.3 is 6.09 Å². The third-order valence-electron chi connectivity index (χ3n) is 3.43. The predicted molar refractivity (Wildman–Crippen MR) is 71.2 cm³/mol. The van der Waals surface area contributed by atoms with Crippen LogP contribution in [-0.4, -0.2) is 50.3 Å². The number of alkyl carbamates (subject to hydrolysis) is 1. The standard InChI is InChI=1S/C12H20N2O4S/c1-2-7-18-12(15)13-11(10-4-5-10)9-14-6-3-8-19(14,16)17/h2,10-11H,1,3-9H2,(H,13,15). The maximum Gasteiger partial charge on any atom is 0.407 e. The summed E-state index contributed by atoms with van der Waals surface area (Å²) in [5.74, 6) is 0.581. The van der Waals surface area contributed by atoms with Crippen molar-refractivity contribution < 1.29 is 17.9 Å². The van der Waals surface area contributed by atoms with E-state index in [4.69, 9.17) is 4.74 Å². The number of rotatable bonds is 6. The van der Waals surface area contributed by atoms with Crippen molar-refractivity contribution in [3.05, 3.63) is 12.7 Å². The number of hydrogen-bond donors (Lipinski definition) is 1. The number of nitrogens with zero attached hydrogens (tertiary/aromatic N) is 1. The third kappa shape index (κ3) is 3.94. The molecule has 0 aromatic rings. The second-order valence-electron chi connectivity index (χ2n) is 5.00. The van der Waals surface area contributed by atoms with E-state index < -0.39 is 16.1 Å². The first-order valence-electron chi connectivity index (χ1n) is 6.55. The number of carbonyl (C=O) groups is 1. The largest absolute Gasteiger partial charge is 0.445 e. The van der Waals surface area contributed by atoms with Crippen LogP contribution >= 0.6 is 0 Å². The molecule has 1 heterocycles. The number of amides is 1. The Bertz CT molecular complexity index is 445. The summed E-state index contributed by atoms with van der Waals surface area (Å²) in [5, 5.41) is 2.76. The molecule has 2 fully saturated rings. The van der Waals surface area contributed by atoms with E-state index in [0.717, 1.165) is 12.8 Å². The summed E-state index contributed by atoms with van der Waals surface area (Å²) in [7, 11) is -3.12. The molecule has 1 saturated heterocycles. The van der Waals surface area contributed by atoms with Crippen molar-refractivity contribution >= 4 is 16.1 Å². The molecule has 1 unspecified atom stereocenters. The Kier molecular flexibility index (Phi) is 4.46. The van der Waals surface area contributed by atoms with Crippen molar-refractivity contribution in [2.24, 2.45) is 5.92 Å². The fraction of sp³-hybridized carbons (Fsp3) is 0.750. The van der Waals surface area contributed by atoms with Gasteiger partial charge < -0.3 is 10.1 Å². The van der Waals surface area contributed by atoms with Crippen LogP contribution in [0.25, 0.3) is 0 Å². The lowest BCUT2D eigenvalue weighted by Crippen LogP contribution is -2.45. The maximum atomic E-state index is 11.8. The Morgan fingerprint density at radius 3 is 2.79 bits per heavy atom. The normalized spacial score (nSPS) is 23.8. The van der Waals surface area contributed by atoms with E-state index in [0.29, 0.717) is 25.4 Å². The first-order chi connectivity index (χ1) is 9.03. The zero-order chi connectivity index (χ0) is 13.9. The van der Waals surface area contributed by atoms with Gasteiger partial charge in [0.05, 0.1) is 5.75 Å². The highest BCUT2D eigenvalue weighted by Gasteiger charge is 2.37. The number of nitrogens with one attached hydrogen (secondary N) is 1. The van der Waals surface area contributed by atoms with Crippen molar-refractivity contribution in [1.82, 2.24) is 9.62 Å². The monoisotopic (exact) mass is 288 g/mol. The van der Waals surface area contributed by atoms with Crippen LogP contribution in [0, 0.1) is 5.92 Å². The SMILES string of the molecule is C=CCOC(=O)NC(CN1CCCS1(=O)=O)C1CC1. The van der Waals surface area contributed by atoms with E-state index in [-0.39, 0.29) is 18.4 Å². The minimum atomic E-state index is -3.12. The average Bonchev–Trinajstić information content (AvgIpc) is 3.13. The van der Waals surface area contributed by atoms with Crippen LogP contribution in [0.2, 0.25) is 0 Å². The van der Waals surface area contributed by atoms with Crippen LogP contribution in [0.5, 0.6) is 0 Å². The van der Waals surface area contributed by atoms with Gasteiger partial charge in [-0.1, -0.05) is 12.7 Å². The maximum absolute atomic E-state index is 11.8. The second kappa shape index (κ2) is 5.92. The molecular weight excluding hydrogens is 268 g/mol. The molecule has 0 radical (unpaired) electrons. The number of hydrogen-bond acceptors (Lipinski definition) is 4. The average molecular weight is 288 g/mol. The highest BCUT2D eigenvalue weighted by molar-refractivity contribution is 7.89. The van der Waals surface area contributed by atoms with Gasteiger partial charge in [0.15, 0.2) is 0 Å². The van der Waals surface area contributed by atoms with Gasteiger partial charge in [-0.25, -0.2) is 13.2 Å². The van der Waals surface area contributed by atoms with E-state index in [1.165, 1.54) is 10.4 Å². The molecule has 19 heavy (non-hydrogen) atoms. The zero-order valence-electron chi connectivity index (χ0n) is 10.9. The fourth-order valence-corrected chi connectivity index (χ4v) is 3.80. The van der Waals surface area contributed by atoms with E-state index in [1.54, 1.807) is 0 Å². The van der Waals surface area contributed by atoms with Gasteiger partial charge in [0.1, 0.15) is 6.61 Å². The van der Waals surface area contributed by atoms with Crippen molar-refractivity contribution in [2.75, 3.05) is 25.4 Å². The Hall–Kier alpha value is -1.08. The molecule has 1 amide bonds. The van der Waals surface area contributed by atoms with Crippen LogP contribution < -0.4 is 5.32 Å². The lowest BCUT2D eigenvalue weighted by Gasteiger charge is -2.23. The van der Waals surface area contributed by atoms with Gasteiger partial charge in [-0.05, 0) is 25.2 Å². The highest BCUT2D eigenvalue weighted by Crippen LogP contribution is 2.33. The molecule has 1 aliphatic carbocycles. The highest BCUT2D eigenvalue weighted by atomic mass is 32.2. The molecule has 0 bridgehead atoms. The summed E-state index contributed by atoms with van der Waals surface area (Å²) in [5.41, 5.74) is 0. The predicted octanol–water partition coefficient (Wildman–Crippen LogP) is 0.713. The topological polar surface area (TPSA) is 75.7 Å². The quantitative estimate of drug-likeness (QED) is 0.730. The Morgan fingerprint density at radius 2 is 2.26 bits per heavy atom.